The molecule has 0 aliphatic rings. The van der Waals surface area contributed by atoms with E-state index in [0.29, 0.717) is 12.8 Å². The van der Waals surface area contributed by atoms with Crippen LogP contribution in [0.4, 0.5) is 0 Å². The molecule has 9 heteroatoms. The van der Waals surface area contributed by atoms with Gasteiger partial charge in [-0.3, -0.25) is 0 Å². The van der Waals surface area contributed by atoms with Crippen LogP contribution in [0.3, 0.4) is 0 Å². The smallest absolute Gasteiger partial charge is 0.744 e. The molecule has 1 aromatic rings. The van der Waals surface area contributed by atoms with Crippen LogP contribution >= 0.6 is 0 Å². The summed E-state index contributed by atoms with van der Waals surface area (Å²) >= 11 is 0. The molecule has 0 amide bonds. The van der Waals surface area contributed by atoms with Gasteiger partial charge < -0.3 is 14.0 Å². The Morgan fingerprint density at radius 2 is 0.807 bits per heavy atom. The Balaban J connectivity index is 0.0000314. The number of unbranched alkanes of at least 4 members (excludes halogenated alkanes) is 28. The molecule has 0 fully saturated rings. The third kappa shape index (κ3) is 32.6. The van der Waals surface area contributed by atoms with Gasteiger partial charge in [0.1, 0.15) is 10.1 Å². The molecule has 0 saturated carbocycles. The number of hydrogen-bond acceptors (Lipinski definition) is 7. The van der Waals surface area contributed by atoms with Gasteiger partial charge in [-0.05, 0) is 76.3 Å². The molecule has 0 bridgehead atoms. The predicted molar refractivity (Wildman–Crippen MR) is 232 cm³/mol. The summed E-state index contributed by atoms with van der Waals surface area (Å²) in [5.74, 6) is -1.81. The average Bonchev–Trinajstić information content (AvgIpc) is 3.18. The van der Waals surface area contributed by atoms with Gasteiger partial charge in [0, 0.05) is 0 Å². The van der Waals surface area contributed by atoms with E-state index in [9.17, 15) is 22.6 Å². The summed E-state index contributed by atoms with van der Waals surface area (Å²) in [5.41, 5.74) is -0.782. The van der Waals surface area contributed by atoms with Crippen molar-refractivity contribution >= 4 is 22.1 Å². The van der Waals surface area contributed by atoms with Crippen molar-refractivity contribution in [1.82, 2.24) is 0 Å². The van der Waals surface area contributed by atoms with Crippen molar-refractivity contribution < 1.29 is 83.4 Å². The number of carbonyl (C=O) groups excluding carboxylic acids is 2. The van der Waals surface area contributed by atoms with Gasteiger partial charge in [-0.15, -0.1) is 0 Å². The summed E-state index contributed by atoms with van der Waals surface area (Å²) in [6.45, 7) is 4.75. The zero-order valence-electron chi connectivity index (χ0n) is 36.8. The summed E-state index contributed by atoms with van der Waals surface area (Å²) in [7, 11) is -5.02. The topological polar surface area (TPSA) is 110 Å². The average molecular weight is 841 g/mol. The largest absolute Gasteiger partial charge is 1.00 e. The minimum Gasteiger partial charge on any atom is -0.744 e. The van der Waals surface area contributed by atoms with E-state index in [1.54, 1.807) is 0 Å². The fraction of sp³-hybridized carbons (Fsp3) is 0.750. The van der Waals surface area contributed by atoms with Crippen molar-refractivity contribution in [1.29, 1.82) is 0 Å². The molecule has 7 nitrogen and oxygen atoms in total. The fourth-order valence-corrected chi connectivity index (χ4v) is 7.69. The summed E-state index contributed by atoms with van der Waals surface area (Å²) < 4.78 is 46.8. The van der Waals surface area contributed by atoms with Crippen LogP contribution in [-0.2, 0) is 19.6 Å². The number of hydrogen-bond donors (Lipinski definition) is 0. The van der Waals surface area contributed by atoms with Gasteiger partial charge in [-0.2, -0.15) is 0 Å². The minimum absolute atomic E-state index is 0. The van der Waals surface area contributed by atoms with E-state index in [0.717, 1.165) is 51.0 Å². The first-order valence-corrected chi connectivity index (χ1v) is 24.5. The molecule has 0 N–H and O–H groups in total. The number of benzene rings is 1. The SMILES string of the molecule is CCCCCCCC/C=C/CCCCCCCCCCOC(=O)c1cccc(S(=O)(=O)[O-])c1C(=O)OCCCCCCCCCC/C=C/CCCCCCCC.[K+]. The van der Waals surface area contributed by atoms with Crippen LogP contribution in [0.2, 0.25) is 0 Å². The molecular weight excluding hydrogens is 760 g/mol. The maximum absolute atomic E-state index is 13.0. The first-order valence-electron chi connectivity index (χ1n) is 23.1. The minimum atomic E-state index is -5.02. The molecule has 0 aromatic heterocycles. The molecule has 0 heterocycles. The van der Waals surface area contributed by atoms with Crippen molar-refractivity contribution in [3.8, 4) is 0 Å². The van der Waals surface area contributed by atoms with Crippen molar-refractivity contribution in [2.45, 2.75) is 224 Å². The number of rotatable bonds is 39. The van der Waals surface area contributed by atoms with E-state index in [1.165, 1.54) is 160 Å². The standard InChI is InChI=1S/C48H82O7S.K/c1-3-5-7-9-11-13-15-17-19-21-23-25-27-29-31-33-35-37-42-54-47(49)44-40-39-41-45(56(51,52)53)46(44)48(50)55-43-38-36-34-32-30-28-26-24-22-20-18-16-14-12-10-8-6-4-2;/h17-20,39-41H,3-16,21-38,42-43H2,1-2H3,(H,51,52,53);/q;+1/p-1/b19-17+,20-18+;. The molecule has 0 spiro atoms. The molecule has 0 radical (unpaired) electrons. The molecule has 0 aliphatic heterocycles. The van der Waals surface area contributed by atoms with Gasteiger partial charge in [-0.1, -0.05) is 185 Å². The Labute approximate surface area is 392 Å². The van der Waals surface area contributed by atoms with Crippen LogP contribution < -0.4 is 51.4 Å². The second kappa shape index (κ2) is 40.6. The van der Waals surface area contributed by atoms with Crippen molar-refractivity contribution in [2.75, 3.05) is 13.2 Å². The molecule has 0 saturated heterocycles. The molecule has 1 aromatic carbocycles. The molecule has 0 unspecified atom stereocenters. The zero-order chi connectivity index (χ0) is 40.8. The van der Waals surface area contributed by atoms with Gasteiger partial charge in [0.05, 0.1) is 29.2 Å². The van der Waals surface area contributed by atoms with Gasteiger partial charge in [0.15, 0.2) is 0 Å². The molecule has 57 heavy (non-hydrogen) atoms. The van der Waals surface area contributed by atoms with Crippen LogP contribution in [0.25, 0.3) is 0 Å². The number of ether oxygens (including phenoxy) is 2. The summed E-state index contributed by atoms with van der Waals surface area (Å²) in [6.07, 6.45) is 47.5. The van der Waals surface area contributed by atoms with E-state index in [-0.39, 0.29) is 70.2 Å². The van der Waals surface area contributed by atoms with Crippen LogP contribution in [-0.4, -0.2) is 38.1 Å². The van der Waals surface area contributed by atoms with Crippen LogP contribution in [0.5, 0.6) is 0 Å². The predicted octanol–water partition coefficient (Wildman–Crippen LogP) is 11.5. The first-order chi connectivity index (χ1) is 27.3. The summed E-state index contributed by atoms with van der Waals surface area (Å²) in [6, 6.07) is 3.63. The number of carbonyl (C=O) groups is 2. The monoisotopic (exact) mass is 841 g/mol. The molecule has 322 valence electrons. The van der Waals surface area contributed by atoms with Crippen molar-refractivity contribution in [2.24, 2.45) is 0 Å². The quantitative estimate of drug-likeness (QED) is 0.0213. The molecule has 0 atom stereocenters. The second-order valence-electron chi connectivity index (χ2n) is 15.7. The van der Waals surface area contributed by atoms with Gasteiger partial charge in [0.25, 0.3) is 0 Å². The van der Waals surface area contributed by atoms with Crippen LogP contribution in [0.1, 0.15) is 240 Å². The van der Waals surface area contributed by atoms with Gasteiger partial charge in [0.2, 0.25) is 0 Å². The van der Waals surface area contributed by atoms with Gasteiger partial charge in [-0.25, -0.2) is 18.0 Å². The van der Waals surface area contributed by atoms with Crippen LogP contribution in [0, 0.1) is 0 Å². The Hall–Kier alpha value is -0.814. The Morgan fingerprint density at radius 3 is 1.16 bits per heavy atom. The first kappa shape index (κ1) is 56.2. The Kier molecular flexibility index (Phi) is 40.0. The second-order valence-corrected chi connectivity index (χ2v) is 17.0. The maximum Gasteiger partial charge on any atom is 1.00 e. The normalized spacial score (nSPS) is 11.7. The third-order valence-corrected chi connectivity index (χ3v) is 11.4. The van der Waals surface area contributed by atoms with E-state index < -0.39 is 32.5 Å². The Bertz CT molecular complexity index is 1280. The number of esters is 2. The maximum atomic E-state index is 13.0. The molecule has 1 rings (SSSR count). The molecular formula is C48H81KO7S. The van der Waals surface area contributed by atoms with E-state index in [2.05, 4.69) is 38.2 Å². The Morgan fingerprint density at radius 1 is 0.491 bits per heavy atom. The van der Waals surface area contributed by atoms with E-state index in [1.807, 2.05) is 0 Å². The number of allylic oxidation sites excluding steroid dienone is 4. The van der Waals surface area contributed by atoms with Gasteiger partial charge >= 0.3 is 63.3 Å². The molecule has 0 aliphatic carbocycles. The van der Waals surface area contributed by atoms with E-state index >= 15 is 0 Å². The fourth-order valence-electron chi connectivity index (χ4n) is 7.01. The van der Waals surface area contributed by atoms with Crippen molar-refractivity contribution in [3.63, 3.8) is 0 Å². The van der Waals surface area contributed by atoms with E-state index in [4.69, 9.17) is 9.47 Å². The summed E-state index contributed by atoms with van der Waals surface area (Å²) in [5, 5.41) is 0. The van der Waals surface area contributed by atoms with Crippen LogP contribution in [0.15, 0.2) is 47.4 Å². The third-order valence-electron chi connectivity index (χ3n) is 10.5. The summed E-state index contributed by atoms with van der Waals surface area (Å²) in [4.78, 5) is 25.2. The zero-order valence-corrected chi connectivity index (χ0v) is 40.8. The van der Waals surface area contributed by atoms with Crippen molar-refractivity contribution in [3.05, 3.63) is 53.6 Å².